The summed E-state index contributed by atoms with van der Waals surface area (Å²) in [4.78, 5) is 32.7. The topological polar surface area (TPSA) is 97.6 Å². The van der Waals surface area contributed by atoms with Crippen molar-refractivity contribution in [3.05, 3.63) is 101 Å². The summed E-state index contributed by atoms with van der Waals surface area (Å²) < 4.78 is 29.8. The van der Waals surface area contributed by atoms with Crippen LogP contribution in [0.4, 0.5) is 0 Å². The van der Waals surface area contributed by atoms with Gasteiger partial charge in [-0.05, 0) is 66.8 Å². The van der Waals surface area contributed by atoms with E-state index in [1.54, 1.807) is 31.6 Å². The molecule has 0 bridgehead atoms. The van der Waals surface area contributed by atoms with Gasteiger partial charge in [-0.25, -0.2) is 9.79 Å². The number of hydrogen-bond donors (Lipinski definition) is 0. The number of carbonyl (C=O) groups excluding carboxylic acids is 1. The number of ether oxygens (including phenoxy) is 5. The number of nitrogens with zero attached hydrogens (tertiary/aromatic N) is 2. The third kappa shape index (κ3) is 5.14. The molecule has 0 spiro atoms. The first-order valence-electron chi connectivity index (χ1n) is 12.9. The summed E-state index contributed by atoms with van der Waals surface area (Å²) in [6.07, 6.45) is 1.79. The van der Waals surface area contributed by atoms with Crippen LogP contribution in [-0.4, -0.2) is 31.0 Å². The Morgan fingerprint density at radius 2 is 2.00 bits per heavy atom. The molecule has 0 N–H and O–H groups in total. The molecule has 0 saturated heterocycles. The Bertz CT molecular complexity index is 1840. The number of rotatable bonds is 8. The van der Waals surface area contributed by atoms with Crippen LogP contribution in [0, 0.1) is 0 Å². The lowest BCUT2D eigenvalue weighted by atomic mass is 10.0. The fourth-order valence-corrected chi connectivity index (χ4v) is 6.61. The summed E-state index contributed by atoms with van der Waals surface area (Å²) in [6.45, 7) is 4.29. The lowest BCUT2D eigenvalue weighted by Gasteiger charge is -2.23. The molecule has 41 heavy (non-hydrogen) atoms. The van der Waals surface area contributed by atoms with E-state index >= 15 is 0 Å². The van der Waals surface area contributed by atoms with Gasteiger partial charge >= 0.3 is 5.97 Å². The van der Waals surface area contributed by atoms with Crippen molar-refractivity contribution in [1.82, 2.24) is 4.57 Å². The summed E-state index contributed by atoms with van der Waals surface area (Å²) in [5, 5.41) is 1.92. The molecule has 0 radical (unpaired) electrons. The van der Waals surface area contributed by atoms with Gasteiger partial charge in [-0.1, -0.05) is 29.5 Å². The first-order chi connectivity index (χ1) is 20.0. The van der Waals surface area contributed by atoms with Crippen molar-refractivity contribution in [2.75, 3.05) is 20.5 Å². The predicted molar refractivity (Wildman–Crippen MR) is 155 cm³/mol. The van der Waals surface area contributed by atoms with Gasteiger partial charge in [0.1, 0.15) is 12.6 Å². The summed E-state index contributed by atoms with van der Waals surface area (Å²) in [5.41, 5.74) is 2.37. The van der Waals surface area contributed by atoms with Crippen molar-refractivity contribution in [3.63, 3.8) is 0 Å². The first-order valence-corrected chi connectivity index (χ1v) is 14.6. The number of thiophene rings is 1. The smallest absolute Gasteiger partial charge is 0.338 e. The van der Waals surface area contributed by atoms with Crippen LogP contribution in [0.15, 0.2) is 75.0 Å². The van der Waals surface area contributed by atoms with E-state index in [0.29, 0.717) is 44.5 Å². The summed E-state index contributed by atoms with van der Waals surface area (Å²) in [7, 11) is 1.57. The fraction of sp³-hybridized carbons (Fsp3) is 0.233. The zero-order valence-corrected chi connectivity index (χ0v) is 24.2. The zero-order valence-electron chi connectivity index (χ0n) is 22.5. The van der Waals surface area contributed by atoms with Crippen molar-refractivity contribution in [3.8, 4) is 23.0 Å². The molecule has 210 valence electrons. The van der Waals surface area contributed by atoms with Gasteiger partial charge < -0.3 is 23.7 Å². The lowest BCUT2D eigenvalue weighted by Crippen LogP contribution is -2.39. The van der Waals surface area contributed by atoms with Crippen molar-refractivity contribution in [1.29, 1.82) is 0 Å². The number of methoxy groups -OCH3 is 1. The molecule has 0 aliphatic carbocycles. The molecule has 0 amide bonds. The Hall–Kier alpha value is -4.35. The number of fused-ring (bicyclic) bond motifs is 2. The van der Waals surface area contributed by atoms with Gasteiger partial charge in [-0.3, -0.25) is 9.36 Å². The second-order valence-electron chi connectivity index (χ2n) is 9.20. The number of aromatic nitrogens is 1. The quantitative estimate of drug-likeness (QED) is 0.284. The second kappa shape index (κ2) is 11.3. The van der Waals surface area contributed by atoms with Crippen molar-refractivity contribution >= 4 is 34.7 Å². The maximum absolute atomic E-state index is 13.8. The normalized spacial score (nSPS) is 15.9. The van der Waals surface area contributed by atoms with Gasteiger partial charge in [0.05, 0.1) is 29.5 Å². The molecule has 2 aliphatic heterocycles. The molecule has 9 nitrogen and oxygen atoms in total. The standard InChI is InChI=1S/C30H26N2O7S2/c1-4-36-29(34)26-17(2)31-30-32(27(26)24-6-5-11-40-24)28(33)25(41-30)14-18-7-9-20(22(12-18)35-3)37-15-19-8-10-21-23(13-19)39-16-38-21/h5-14,27H,4,15-16H2,1-3H3. The third-order valence-electron chi connectivity index (χ3n) is 6.65. The Labute approximate surface area is 243 Å². The first kappa shape index (κ1) is 26.9. The van der Waals surface area contributed by atoms with E-state index in [0.717, 1.165) is 21.8 Å². The van der Waals surface area contributed by atoms with Crippen LogP contribution >= 0.6 is 22.7 Å². The van der Waals surface area contributed by atoms with E-state index in [-0.39, 0.29) is 19.0 Å². The molecule has 1 atom stereocenters. The van der Waals surface area contributed by atoms with Crippen LogP contribution in [0.3, 0.4) is 0 Å². The average molecular weight is 591 g/mol. The molecule has 2 aromatic heterocycles. The number of allylic oxidation sites excluding steroid dienone is 1. The fourth-order valence-electron chi connectivity index (χ4n) is 4.74. The van der Waals surface area contributed by atoms with Crippen molar-refractivity contribution in [2.45, 2.75) is 26.5 Å². The number of benzene rings is 2. The summed E-state index contributed by atoms with van der Waals surface area (Å²) >= 11 is 2.75. The molecule has 6 rings (SSSR count). The van der Waals surface area contributed by atoms with Gasteiger partial charge in [-0.15, -0.1) is 11.3 Å². The Morgan fingerprint density at radius 1 is 1.15 bits per heavy atom. The molecule has 11 heteroatoms. The number of esters is 1. The van der Waals surface area contributed by atoms with Gasteiger partial charge in [0, 0.05) is 4.88 Å². The van der Waals surface area contributed by atoms with Gasteiger partial charge in [0.25, 0.3) is 5.56 Å². The largest absolute Gasteiger partial charge is 0.493 e. The zero-order chi connectivity index (χ0) is 28.5. The number of hydrogen-bond acceptors (Lipinski definition) is 10. The van der Waals surface area contributed by atoms with E-state index in [1.165, 1.54) is 22.7 Å². The van der Waals surface area contributed by atoms with E-state index in [9.17, 15) is 9.59 Å². The average Bonchev–Trinajstić information content (AvgIpc) is 3.73. The van der Waals surface area contributed by atoms with E-state index in [4.69, 9.17) is 23.7 Å². The molecular formula is C30H26N2O7S2. The second-order valence-corrected chi connectivity index (χ2v) is 11.2. The molecule has 2 aromatic carbocycles. The number of carbonyl (C=O) groups is 1. The van der Waals surface area contributed by atoms with Crippen LogP contribution in [0.5, 0.6) is 23.0 Å². The number of thiazole rings is 1. The predicted octanol–water partition coefficient (Wildman–Crippen LogP) is 4.18. The van der Waals surface area contributed by atoms with Crippen LogP contribution in [0.25, 0.3) is 6.08 Å². The van der Waals surface area contributed by atoms with Gasteiger partial charge in [0.2, 0.25) is 6.79 Å². The lowest BCUT2D eigenvalue weighted by molar-refractivity contribution is -0.139. The highest BCUT2D eigenvalue weighted by molar-refractivity contribution is 7.10. The summed E-state index contributed by atoms with van der Waals surface area (Å²) in [6, 6.07) is 14.4. The van der Waals surface area contributed by atoms with Gasteiger partial charge in [0.15, 0.2) is 27.8 Å². The molecule has 4 heterocycles. The molecule has 4 aromatic rings. The van der Waals surface area contributed by atoms with Crippen LogP contribution in [0.2, 0.25) is 0 Å². The molecular weight excluding hydrogens is 564 g/mol. The van der Waals surface area contributed by atoms with Gasteiger partial charge in [-0.2, -0.15) is 0 Å². The Kier molecular flexibility index (Phi) is 7.38. The minimum Gasteiger partial charge on any atom is -0.493 e. The third-order valence-corrected chi connectivity index (χ3v) is 8.55. The molecule has 0 saturated carbocycles. The molecule has 2 aliphatic rings. The summed E-state index contributed by atoms with van der Waals surface area (Å²) in [5.74, 6) is 2.04. The monoisotopic (exact) mass is 590 g/mol. The molecule has 0 fully saturated rings. The van der Waals surface area contributed by atoms with E-state index in [2.05, 4.69) is 4.99 Å². The Morgan fingerprint density at radius 3 is 2.78 bits per heavy atom. The maximum atomic E-state index is 13.8. The van der Waals surface area contributed by atoms with Crippen LogP contribution in [-0.2, 0) is 16.1 Å². The minimum absolute atomic E-state index is 0.216. The van der Waals surface area contributed by atoms with Crippen LogP contribution in [0.1, 0.15) is 35.9 Å². The Balaban J connectivity index is 1.32. The van der Waals surface area contributed by atoms with Crippen molar-refractivity contribution in [2.24, 2.45) is 4.99 Å². The van der Waals surface area contributed by atoms with Crippen LogP contribution < -0.4 is 33.8 Å². The minimum atomic E-state index is -0.603. The van der Waals surface area contributed by atoms with E-state index < -0.39 is 12.0 Å². The molecule has 1 unspecified atom stereocenters. The highest BCUT2D eigenvalue weighted by atomic mass is 32.1. The highest BCUT2D eigenvalue weighted by Crippen LogP contribution is 2.35. The highest BCUT2D eigenvalue weighted by Gasteiger charge is 2.33. The van der Waals surface area contributed by atoms with E-state index in [1.807, 2.05) is 53.9 Å². The maximum Gasteiger partial charge on any atom is 0.338 e. The van der Waals surface area contributed by atoms with Crippen molar-refractivity contribution < 1.29 is 28.5 Å². The SMILES string of the molecule is CCOC(=O)C1=C(C)N=c2sc(=Cc3ccc(OCc4ccc5c(c4)OCO5)c(OC)c3)c(=O)n2C1c1cccs1.